The average molecular weight is 597 g/mol. The van der Waals surface area contributed by atoms with E-state index in [2.05, 4.69) is 42.5 Å². The minimum Gasteiger partial charge on any atom is -0.208 e. The molecule has 0 saturated carbocycles. The molecule has 6 aromatic carbocycles. The summed E-state index contributed by atoms with van der Waals surface area (Å²) in [5, 5.41) is 9.80. The molecule has 212 valence electrons. The monoisotopic (exact) mass is 596 g/mol. The molecule has 1 aromatic heterocycles. The molecular formula is C40H25ClN4. The van der Waals surface area contributed by atoms with Gasteiger partial charge in [0.05, 0.1) is 11.6 Å². The molecule has 45 heavy (non-hydrogen) atoms. The lowest BCUT2D eigenvalue weighted by Crippen LogP contribution is -2.00. The predicted molar refractivity (Wildman–Crippen MR) is 182 cm³/mol. The van der Waals surface area contributed by atoms with Gasteiger partial charge in [0.25, 0.3) is 0 Å². The van der Waals surface area contributed by atoms with Crippen LogP contribution in [0.2, 0.25) is 5.02 Å². The largest absolute Gasteiger partial charge is 0.208 e. The summed E-state index contributed by atoms with van der Waals surface area (Å²) >= 11 is 6.93. The van der Waals surface area contributed by atoms with Crippen molar-refractivity contribution in [1.82, 2.24) is 15.0 Å². The quantitative estimate of drug-likeness (QED) is 0.191. The minimum atomic E-state index is 0.604. The Morgan fingerprint density at radius 3 is 1.51 bits per heavy atom. The zero-order valence-electron chi connectivity index (χ0n) is 24.1. The van der Waals surface area contributed by atoms with Crippen LogP contribution in [-0.2, 0) is 0 Å². The van der Waals surface area contributed by atoms with Gasteiger partial charge < -0.3 is 0 Å². The van der Waals surface area contributed by atoms with E-state index in [1.807, 2.05) is 115 Å². The van der Waals surface area contributed by atoms with E-state index >= 15 is 0 Å². The fourth-order valence-electron chi connectivity index (χ4n) is 5.38. The van der Waals surface area contributed by atoms with Crippen LogP contribution in [0.4, 0.5) is 0 Å². The van der Waals surface area contributed by atoms with Crippen LogP contribution < -0.4 is 0 Å². The number of hydrogen-bond acceptors (Lipinski definition) is 4. The summed E-state index contributed by atoms with van der Waals surface area (Å²) in [5.41, 5.74) is 9.41. The predicted octanol–water partition coefficient (Wildman–Crippen LogP) is 10.4. The van der Waals surface area contributed by atoms with Gasteiger partial charge in [0.15, 0.2) is 17.5 Å². The van der Waals surface area contributed by atoms with Crippen LogP contribution in [0, 0.1) is 11.3 Å². The third kappa shape index (κ3) is 5.86. The van der Waals surface area contributed by atoms with Crippen molar-refractivity contribution in [1.29, 1.82) is 5.26 Å². The Labute approximate surface area is 266 Å². The first-order valence-corrected chi connectivity index (χ1v) is 14.9. The first kappa shape index (κ1) is 27.9. The zero-order chi connectivity index (χ0) is 30.6. The van der Waals surface area contributed by atoms with Crippen molar-refractivity contribution in [3.8, 4) is 73.6 Å². The lowest BCUT2D eigenvalue weighted by atomic mass is 9.92. The van der Waals surface area contributed by atoms with E-state index in [-0.39, 0.29) is 0 Å². The second-order valence-electron chi connectivity index (χ2n) is 10.5. The van der Waals surface area contributed by atoms with Gasteiger partial charge in [-0.05, 0) is 52.1 Å². The van der Waals surface area contributed by atoms with E-state index in [4.69, 9.17) is 31.8 Å². The van der Waals surface area contributed by atoms with Crippen LogP contribution in [0.3, 0.4) is 0 Å². The molecule has 0 N–H and O–H groups in total. The molecule has 0 amide bonds. The highest BCUT2D eigenvalue weighted by Gasteiger charge is 2.15. The first-order valence-electron chi connectivity index (χ1n) is 14.5. The molecule has 7 rings (SSSR count). The summed E-state index contributed by atoms with van der Waals surface area (Å²) < 4.78 is 0. The lowest BCUT2D eigenvalue weighted by molar-refractivity contribution is 1.07. The highest BCUT2D eigenvalue weighted by Crippen LogP contribution is 2.39. The Morgan fingerprint density at radius 1 is 0.400 bits per heavy atom. The number of benzene rings is 6. The smallest absolute Gasteiger partial charge is 0.164 e. The van der Waals surface area contributed by atoms with Crippen LogP contribution in [-0.4, -0.2) is 15.0 Å². The summed E-state index contributed by atoms with van der Waals surface area (Å²) in [5.74, 6) is 1.85. The zero-order valence-corrected chi connectivity index (χ0v) is 24.9. The van der Waals surface area contributed by atoms with Crippen LogP contribution >= 0.6 is 11.6 Å². The van der Waals surface area contributed by atoms with E-state index in [1.54, 1.807) is 0 Å². The Hall–Kier alpha value is -5.89. The van der Waals surface area contributed by atoms with Crippen molar-refractivity contribution >= 4 is 11.6 Å². The number of hydrogen-bond donors (Lipinski definition) is 0. The van der Waals surface area contributed by atoms with Crippen molar-refractivity contribution in [2.45, 2.75) is 0 Å². The maximum Gasteiger partial charge on any atom is 0.164 e. The molecule has 7 aromatic rings. The van der Waals surface area contributed by atoms with Crippen LogP contribution in [0.5, 0.6) is 0 Å². The molecule has 0 aliphatic carbocycles. The molecule has 0 unspecified atom stereocenters. The van der Waals surface area contributed by atoms with Crippen molar-refractivity contribution in [3.63, 3.8) is 0 Å². The molecule has 0 aliphatic rings. The molecule has 0 saturated heterocycles. The Kier molecular flexibility index (Phi) is 7.68. The van der Waals surface area contributed by atoms with Gasteiger partial charge in [-0.2, -0.15) is 5.26 Å². The molecule has 0 spiro atoms. The van der Waals surface area contributed by atoms with E-state index < -0.39 is 0 Å². The summed E-state index contributed by atoms with van der Waals surface area (Å²) in [6.45, 7) is 0. The molecule has 0 bridgehead atoms. The van der Waals surface area contributed by atoms with Gasteiger partial charge in [-0.15, -0.1) is 0 Å². The highest BCUT2D eigenvalue weighted by molar-refractivity contribution is 6.33. The summed E-state index contributed by atoms with van der Waals surface area (Å²) in [7, 11) is 0. The molecule has 1 heterocycles. The van der Waals surface area contributed by atoms with E-state index in [0.29, 0.717) is 28.1 Å². The van der Waals surface area contributed by atoms with Gasteiger partial charge >= 0.3 is 0 Å². The molecule has 0 fully saturated rings. The van der Waals surface area contributed by atoms with Crippen molar-refractivity contribution in [2.75, 3.05) is 0 Å². The SMILES string of the molecule is N#Cc1ccc(-c2ccc(-c3ccccc3-c3cccc(-c4nc(-c5ccccc5)nc(-c5ccccc5)n4)c3)c(Cl)c2)cc1. The molecule has 0 atom stereocenters. The van der Waals surface area contributed by atoms with Crippen LogP contribution in [0.1, 0.15) is 5.56 Å². The summed E-state index contributed by atoms with van der Waals surface area (Å²) in [6.07, 6.45) is 0. The second-order valence-corrected chi connectivity index (χ2v) is 11.0. The van der Waals surface area contributed by atoms with Crippen LogP contribution in [0.25, 0.3) is 67.5 Å². The first-order chi connectivity index (χ1) is 22.2. The standard InChI is InChI=1S/C40H25ClN4/c41-37-25-31(28-20-18-27(26-42)19-21-28)22-23-36(37)35-17-8-7-16-34(35)32-14-9-15-33(24-32)40-44-38(29-10-3-1-4-11-29)43-39(45-40)30-12-5-2-6-13-30/h1-25H. The minimum absolute atomic E-state index is 0.604. The van der Waals surface area contributed by atoms with E-state index in [9.17, 15) is 0 Å². The van der Waals surface area contributed by atoms with Gasteiger partial charge in [0, 0.05) is 27.3 Å². The third-order valence-corrected chi connectivity index (χ3v) is 7.98. The molecule has 0 radical (unpaired) electrons. The van der Waals surface area contributed by atoms with Gasteiger partial charge in [-0.1, -0.05) is 139 Å². The van der Waals surface area contributed by atoms with Crippen molar-refractivity contribution < 1.29 is 0 Å². The Balaban J connectivity index is 1.30. The maximum absolute atomic E-state index is 9.15. The highest BCUT2D eigenvalue weighted by atomic mass is 35.5. The van der Waals surface area contributed by atoms with Gasteiger partial charge in [0.2, 0.25) is 0 Å². The van der Waals surface area contributed by atoms with Gasteiger partial charge in [-0.25, -0.2) is 15.0 Å². The molecule has 4 nitrogen and oxygen atoms in total. The molecule has 5 heteroatoms. The van der Waals surface area contributed by atoms with Gasteiger partial charge in [0.1, 0.15) is 0 Å². The number of nitrogens with zero attached hydrogens (tertiary/aromatic N) is 4. The Bertz CT molecular complexity index is 2110. The van der Waals surface area contributed by atoms with E-state index in [0.717, 1.165) is 50.1 Å². The number of aromatic nitrogens is 3. The summed E-state index contributed by atoms with van der Waals surface area (Å²) in [4.78, 5) is 14.7. The molecular weight excluding hydrogens is 572 g/mol. The number of rotatable bonds is 6. The lowest BCUT2D eigenvalue weighted by Gasteiger charge is -2.14. The van der Waals surface area contributed by atoms with Gasteiger partial charge in [-0.3, -0.25) is 0 Å². The summed E-state index contributed by atoms with van der Waals surface area (Å²) in [6, 6.07) is 52.3. The fraction of sp³-hybridized carbons (Fsp3) is 0. The van der Waals surface area contributed by atoms with Crippen molar-refractivity contribution in [3.05, 3.63) is 162 Å². The van der Waals surface area contributed by atoms with E-state index in [1.165, 1.54) is 0 Å². The number of halogens is 1. The number of nitriles is 1. The normalized spacial score (nSPS) is 10.8. The fourth-order valence-corrected chi connectivity index (χ4v) is 5.67. The van der Waals surface area contributed by atoms with Crippen molar-refractivity contribution in [2.24, 2.45) is 0 Å². The maximum atomic E-state index is 9.15. The molecule has 0 aliphatic heterocycles. The topological polar surface area (TPSA) is 62.5 Å². The third-order valence-electron chi connectivity index (χ3n) is 7.66. The average Bonchev–Trinajstić information content (AvgIpc) is 3.12. The Morgan fingerprint density at radius 2 is 0.911 bits per heavy atom. The second kappa shape index (κ2) is 12.4. The van der Waals surface area contributed by atoms with Crippen LogP contribution in [0.15, 0.2) is 152 Å².